The van der Waals surface area contributed by atoms with Crippen LogP contribution >= 0.6 is 0 Å². The average molecular weight is 465 g/mol. The number of amides is 1. The molecule has 8 heteroatoms. The van der Waals surface area contributed by atoms with Crippen molar-refractivity contribution in [3.8, 4) is 22.9 Å². The van der Waals surface area contributed by atoms with Gasteiger partial charge in [0.1, 0.15) is 0 Å². The fourth-order valence-electron chi connectivity index (χ4n) is 4.37. The maximum atomic E-state index is 13.0. The molecule has 0 spiro atoms. The molecule has 1 fully saturated rings. The third-order valence-electron chi connectivity index (χ3n) is 6.19. The highest BCUT2D eigenvalue weighted by atomic mass is 16.5. The van der Waals surface area contributed by atoms with Gasteiger partial charge in [0.2, 0.25) is 17.6 Å². The van der Waals surface area contributed by atoms with Crippen LogP contribution in [0.15, 0.2) is 47.0 Å². The molecule has 2 heterocycles. The van der Waals surface area contributed by atoms with E-state index in [-0.39, 0.29) is 11.8 Å². The van der Waals surface area contributed by atoms with Gasteiger partial charge in [0.15, 0.2) is 11.5 Å². The molecule has 0 bridgehead atoms. The number of nitrogens with one attached hydrogen (secondary N) is 1. The fourth-order valence-corrected chi connectivity index (χ4v) is 4.37. The van der Waals surface area contributed by atoms with E-state index in [0.29, 0.717) is 42.2 Å². The third-order valence-corrected chi connectivity index (χ3v) is 6.19. The highest BCUT2D eigenvalue weighted by molar-refractivity contribution is 5.93. The Kier molecular flexibility index (Phi) is 7.47. The standard InChI is InChI=1S/C26H32N4O4/c1-17(2)20-9-5-6-10-21(20)27-26(31)19-8-7-13-30(15-19)16-24-28-25(29-34-24)18-11-12-22(32-3)23(14-18)33-4/h5-6,9-12,14,17,19H,7-8,13,15-16H2,1-4H3,(H,27,31). The molecule has 0 radical (unpaired) electrons. The summed E-state index contributed by atoms with van der Waals surface area (Å²) in [4.78, 5) is 19.8. The Bertz CT molecular complexity index is 1130. The number of aromatic nitrogens is 2. The minimum atomic E-state index is -0.0813. The van der Waals surface area contributed by atoms with E-state index in [1.807, 2.05) is 36.4 Å². The van der Waals surface area contributed by atoms with Crippen molar-refractivity contribution in [1.82, 2.24) is 15.0 Å². The number of benzene rings is 2. The van der Waals surface area contributed by atoms with Gasteiger partial charge in [-0.2, -0.15) is 4.98 Å². The van der Waals surface area contributed by atoms with Crippen molar-refractivity contribution in [3.63, 3.8) is 0 Å². The SMILES string of the molecule is COc1ccc(-c2noc(CN3CCCC(C(=O)Nc4ccccc4C(C)C)C3)n2)cc1OC. The van der Waals surface area contributed by atoms with E-state index in [1.165, 1.54) is 0 Å². The first-order valence-electron chi connectivity index (χ1n) is 11.7. The summed E-state index contributed by atoms with van der Waals surface area (Å²) in [6, 6.07) is 13.5. The van der Waals surface area contributed by atoms with E-state index in [4.69, 9.17) is 14.0 Å². The van der Waals surface area contributed by atoms with Crippen molar-refractivity contribution in [1.29, 1.82) is 0 Å². The number of rotatable bonds is 8. The number of nitrogens with zero attached hydrogens (tertiary/aromatic N) is 3. The van der Waals surface area contributed by atoms with Crippen LogP contribution in [0.1, 0.15) is 44.1 Å². The predicted molar refractivity (Wildman–Crippen MR) is 130 cm³/mol. The van der Waals surface area contributed by atoms with Gasteiger partial charge < -0.3 is 19.3 Å². The Morgan fingerprint density at radius 3 is 2.74 bits per heavy atom. The summed E-state index contributed by atoms with van der Waals surface area (Å²) in [7, 11) is 3.19. The average Bonchev–Trinajstić information content (AvgIpc) is 3.32. The number of carbonyl (C=O) groups is 1. The van der Waals surface area contributed by atoms with Gasteiger partial charge in [-0.25, -0.2) is 0 Å². The molecule has 1 aromatic heterocycles. The van der Waals surface area contributed by atoms with Gasteiger partial charge in [0.25, 0.3) is 0 Å². The molecule has 180 valence electrons. The van der Waals surface area contributed by atoms with E-state index in [9.17, 15) is 4.79 Å². The molecule has 1 N–H and O–H groups in total. The van der Waals surface area contributed by atoms with Crippen LogP contribution in [0.5, 0.6) is 11.5 Å². The Morgan fingerprint density at radius 1 is 1.18 bits per heavy atom. The first-order valence-corrected chi connectivity index (χ1v) is 11.7. The Hall–Kier alpha value is -3.39. The lowest BCUT2D eigenvalue weighted by Crippen LogP contribution is -2.40. The van der Waals surface area contributed by atoms with Crippen LogP contribution in [0.3, 0.4) is 0 Å². The van der Waals surface area contributed by atoms with E-state index >= 15 is 0 Å². The first kappa shape index (κ1) is 23.8. The second-order valence-corrected chi connectivity index (χ2v) is 8.89. The Morgan fingerprint density at radius 2 is 1.97 bits per heavy atom. The highest BCUT2D eigenvalue weighted by Gasteiger charge is 2.27. The van der Waals surface area contributed by atoms with Crippen LogP contribution in [0.4, 0.5) is 5.69 Å². The number of hydrogen-bond acceptors (Lipinski definition) is 7. The molecule has 3 aromatic rings. The molecule has 1 amide bonds. The van der Waals surface area contributed by atoms with Crippen molar-refractivity contribution in [2.24, 2.45) is 5.92 Å². The molecule has 4 rings (SSSR count). The molecule has 0 saturated carbocycles. The molecule has 8 nitrogen and oxygen atoms in total. The lowest BCUT2D eigenvalue weighted by atomic mass is 9.96. The summed E-state index contributed by atoms with van der Waals surface area (Å²) in [5.74, 6) is 2.59. The zero-order chi connectivity index (χ0) is 24.1. The number of hydrogen-bond donors (Lipinski definition) is 1. The number of piperidine rings is 1. The molecule has 0 aliphatic carbocycles. The van der Waals surface area contributed by atoms with Crippen LogP contribution < -0.4 is 14.8 Å². The van der Waals surface area contributed by atoms with Gasteiger partial charge in [-0.1, -0.05) is 37.2 Å². The molecular weight excluding hydrogens is 432 g/mol. The smallest absolute Gasteiger partial charge is 0.241 e. The second kappa shape index (κ2) is 10.7. The molecule has 34 heavy (non-hydrogen) atoms. The number of ether oxygens (including phenoxy) is 2. The Balaban J connectivity index is 1.39. The summed E-state index contributed by atoms with van der Waals surface area (Å²) in [6.07, 6.45) is 1.81. The van der Waals surface area contributed by atoms with Crippen LogP contribution in [-0.2, 0) is 11.3 Å². The lowest BCUT2D eigenvalue weighted by Gasteiger charge is -2.31. The third kappa shape index (κ3) is 5.39. The Labute approximate surface area is 200 Å². The lowest BCUT2D eigenvalue weighted by molar-refractivity contribution is -0.121. The van der Waals surface area contributed by atoms with Crippen LogP contribution in [0.25, 0.3) is 11.4 Å². The molecule has 1 aliphatic heterocycles. The first-order chi connectivity index (χ1) is 16.5. The fraction of sp³-hybridized carbons (Fsp3) is 0.423. The van der Waals surface area contributed by atoms with Gasteiger partial charge in [-0.05, 0) is 55.1 Å². The van der Waals surface area contributed by atoms with E-state index in [1.54, 1.807) is 14.2 Å². The maximum Gasteiger partial charge on any atom is 0.241 e. The minimum Gasteiger partial charge on any atom is -0.493 e. The van der Waals surface area contributed by atoms with Crippen molar-refractivity contribution in [2.45, 2.75) is 39.2 Å². The number of para-hydroxylation sites is 1. The van der Waals surface area contributed by atoms with Crippen LogP contribution in [0, 0.1) is 5.92 Å². The monoisotopic (exact) mass is 464 g/mol. The normalized spacial score (nSPS) is 16.4. The zero-order valence-corrected chi connectivity index (χ0v) is 20.2. The summed E-state index contributed by atoms with van der Waals surface area (Å²) in [5, 5.41) is 7.28. The summed E-state index contributed by atoms with van der Waals surface area (Å²) >= 11 is 0. The number of likely N-dealkylation sites (tertiary alicyclic amines) is 1. The molecule has 1 unspecified atom stereocenters. The summed E-state index contributed by atoms with van der Waals surface area (Å²) in [5.41, 5.74) is 2.83. The molecule has 1 saturated heterocycles. The molecule has 2 aromatic carbocycles. The van der Waals surface area contributed by atoms with Crippen LogP contribution in [-0.4, -0.2) is 48.3 Å². The van der Waals surface area contributed by atoms with Crippen molar-refractivity contribution < 1.29 is 18.8 Å². The topological polar surface area (TPSA) is 89.7 Å². The predicted octanol–water partition coefficient (Wildman–Crippen LogP) is 4.73. The number of carbonyl (C=O) groups excluding carboxylic acids is 1. The van der Waals surface area contributed by atoms with Crippen LogP contribution in [0.2, 0.25) is 0 Å². The maximum absolute atomic E-state index is 13.0. The van der Waals surface area contributed by atoms with Crippen molar-refractivity contribution >= 4 is 11.6 Å². The highest BCUT2D eigenvalue weighted by Crippen LogP contribution is 2.31. The number of methoxy groups -OCH3 is 2. The van der Waals surface area contributed by atoms with Gasteiger partial charge in [-0.3, -0.25) is 9.69 Å². The van der Waals surface area contributed by atoms with Gasteiger partial charge in [0.05, 0.1) is 26.7 Å². The second-order valence-electron chi connectivity index (χ2n) is 8.89. The number of anilines is 1. The van der Waals surface area contributed by atoms with Gasteiger partial charge in [0, 0.05) is 17.8 Å². The van der Waals surface area contributed by atoms with E-state index < -0.39 is 0 Å². The summed E-state index contributed by atoms with van der Waals surface area (Å²) < 4.78 is 16.2. The van der Waals surface area contributed by atoms with E-state index in [0.717, 1.165) is 36.2 Å². The minimum absolute atomic E-state index is 0.0642. The molecule has 1 aliphatic rings. The van der Waals surface area contributed by atoms with Crippen molar-refractivity contribution in [3.05, 3.63) is 53.9 Å². The van der Waals surface area contributed by atoms with Gasteiger partial charge >= 0.3 is 0 Å². The molecule has 1 atom stereocenters. The summed E-state index contributed by atoms with van der Waals surface area (Å²) in [6.45, 7) is 6.32. The largest absolute Gasteiger partial charge is 0.493 e. The van der Waals surface area contributed by atoms with E-state index in [2.05, 4.69) is 40.3 Å². The zero-order valence-electron chi connectivity index (χ0n) is 20.2. The van der Waals surface area contributed by atoms with Gasteiger partial charge in [-0.15, -0.1) is 0 Å². The quantitative estimate of drug-likeness (QED) is 0.515. The molecular formula is C26H32N4O4. The van der Waals surface area contributed by atoms with Crippen molar-refractivity contribution in [2.75, 3.05) is 32.6 Å².